The van der Waals surface area contributed by atoms with Crippen LogP contribution in [0.5, 0.6) is 69.0 Å². The summed E-state index contributed by atoms with van der Waals surface area (Å²) in [5.41, 5.74) is 15.8. The monoisotopic (exact) mass is 1160 g/mol. The summed E-state index contributed by atoms with van der Waals surface area (Å²) in [6.45, 7) is 1.49. The third kappa shape index (κ3) is 11.9. The molecule has 402 valence electrons. The lowest BCUT2D eigenvalue weighted by Crippen LogP contribution is -2.12. The molecule has 0 unspecified atom stereocenters. The van der Waals surface area contributed by atoms with Crippen LogP contribution in [0.3, 0.4) is 0 Å². The van der Waals surface area contributed by atoms with Gasteiger partial charge in [-0.25, -0.2) is 0 Å². The number of thioether (sulfide) groups is 6. The van der Waals surface area contributed by atoms with Gasteiger partial charge in [0.15, 0.2) is 69.0 Å². The molecule has 0 bridgehead atoms. The summed E-state index contributed by atoms with van der Waals surface area (Å²) in [5.74, 6) is 19.5. The summed E-state index contributed by atoms with van der Waals surface area (Å²) in [5, 5.41) is 0. The van der Waals surface area contributed by atoms with Crippen molar-refractivity contribution in [2.24, 2.45) is 0 Å². The fourth-order valence-electron chi connectivity index (χ4n) is 9.95. The van der Waals surface area contributed by atoms with Gasteiger partial charge < -0.3 is 56.8 Å². The molecule has 13 rings (SSSR count). The Hall–Kier alpha value is -5.76. The van der Waals surface area contributed by atoms with Gasteiger partial charge >= 0.3 is 0 Å². The normalized spacial score (nSPS) is 14.5. The predicted octanol–water partition coefficient (Wildman–Crippen LogP) is 14.7. The molecule has 0 atom stereocenters. The molecule has 6 heterocycles. The molecule has 0 aromatic heterocycles. The third-order valence-corrected chi connectivity index (χ3v) is 20.1. The molecule has 18 heteroatoms. The van der Waals surface area contributed by atoms with Crippen molar-refractivity contribution < 1.29 is 56.8 Å². The second-order valence-electron chi connectivity index (χ2n) is 19.0. The van der Waals surface area contributed by atoms with Crippen LogP contribution in [0.1, 0.15) is 66.8 Å². The lowest BCUT2D eigenvalue weighted by atomic mass is 9.90. The largest absolute Gasteiger partial charge is 0.454 e. The third-order valence-electron chi connectivity index (χ3n) is 13.9. The van der Waals surface area contributed by atoms with E-state index >= 15 is 0 Å². The number of ether oxygens (including phenoxy) is 12. The van der Waals surface area contributed by atoms with Crippen LogP contribution in [-0.4, -0.2) is 40.8 Å². The minimum atomic E-state index is 0.249. The van der Waals surface area contributed by atoms with Crippen molar-refractivity contribution >= 4 is 70.6 Å². The molecule has 7 aromatic carbocycles. The van der Waals surface area contributed by atoms with Gasteiger partial charge in [-0.3, -0.25) is 0 Å². The molecule has 78 heavy (non-hydrogen) atoms. The summed E-state index contributed by atoms with van der Waals surface area (Å²) in [4.78, 5) is 0. The van der Waals surface area contributed by atoms with Crippen LogP contribution in [-0.2, 0) is 69.0 Å². The van der Waals surface area contributed by atoms with Crippen LogP contribution in [0.2, 0.25) is 0 Å². The summed E-state index contributed by atoms with van der Waals surface area (Å²) in [7, 11) is 0. The molecule has 0 N–H and O–H groups in total. The minimum Gasteiger partial charge on any atom is -0.454 e. The van der Waals surface area contributed by atoms with E-state index in [4.69, 9.17) is 56.8 Å². The first-order valence-electron chi connectivity index (χ1n) is 25.5. The highest BCUT2D eigenvalue weighted by Crippen LogP contribution is 2.45. The lowest BCUT2D eigenvalue weighted by Gasteiger charge is -2.27. The second kappa shape index (κ2) is 24.3. The van der Waals surface area contributed by atoms with Crippen molar-refractivity contribution in [3.8, 4) is 69.0 Å². The van der Waals surface area contributed by atoms with E-state index in [0.29, 0.717) is 0 Å². The van der Waals surface area contributed by atoms with Gasteiger partial charge in [0.2, 0.25) is 40.8 Å². The maximum Gasteiger partial charge on any atom is 0.231 e. The first-order chi connectivity index (χ1) is 38.6. The summed E-state index contributed by atoms with van der Waals surface area (Å²) < 4.78 is 69.3. The van der Waals surface area contributed by atoms with Crippen molar-refractivity contribution in [2.75, 3.05) is 40.8 Å². The molecule has 0 spiro atoms. The number of hydrogen-bond acceptors (Lipinski definition) is 18. The Kier molecular flexibility index (Phi) is 16.1. The Morgan fingerprint density at radius 3 is 0.513 bits per heavy atom. The molecule has 0 amide bonds. The van der Waals surface area contributed by atoms with Crippen LogP contribution in [0.15, 0.2) is 109 Å². The van der Waals surface area contributed by atoms with E-state index in [2.05, 4.69) is 72.8 Å². The lowest BCUT2D eigenvalue weighted by molar-refractivity contribution is 0.173. The maximum absolute atomic E-state index is 5.85. The zero-order chi connectivity index (χ0) is 52.0. The van der Waals surface area contributed by atoms with Gasteiger partial charge in [0.25, 0.3) is 0 Å². The highest BCUT2D eigenvalue weighted by Gasteiger charge is 2.27. The Labute approximate surface area is 478 Å². The first-order valence-corrected chi connectivity index (χ1v) is 32.5. The van der Waals surface area contributed by atoms with E-state index in [1.54, 1.807) is 0 Å². The van der Waals surface area contributed by atoms with Crippen LogP contribution in [0, 0.1) is 0 Å². The second-order valence-corrected chi connectivity index (χ2v) is 24.9. The molecular weight excluding hydrogens is 1110 g/mol. The average Bonchev–Trinajstić information content (AvgIpc) is 4.36. The summed E-state index contributed by atoms with van der Waals surface area (Å²) in [6, 6.07) is 38.0. The van der Waals surface area contributed by atoms with Crippen LogP contribution in [0.4, 0.5) is 0 Å². The van der Waals surface area contributed by atoms with Crippen molar-refractivity contribution in [1.29, 1.82) is 0 Å². The first kappa shape index (κ1) is 51.7. The molecule has 0 aliphatic carbocycles. The highest BCUT2D eigenvalue weighted by atomic mass is 32.2. The Balaban J connectivity index is 0.902. The van der Waals surface area contributed by atoms with E-state index in [9.17, 15) is 0 Å². The standard InChI is InChI=1S/C60H54O12S6/c1-7-49-55(67-31-61-49)13-37(1)19-73-25-43-44(26-74-20-38-2-8-50-56(14-38)68-32-62-50)46(28-76-22-40-4-10-52-58(16-40)70-34-64-52)48(30-78-24-42-6-12-54-60(18-42)72-36-66-54)47(29-77-23-41-5-11-53-59(17-41)71-35-65-53)45(43)27-75-21-39-3-9-51-57(15-39)69-33-63-51/h1-18H,19-36H2. The van der Waals surface area contributed by atoms with Crippen molar-refractivity contribution in [1.82, 2.24) is 0 Å². The van der Waals surface area contributed by atoms with Gasteiger partial charge in [-0.15, -0.1) is 0 Å². The topological polar surface area (TPSA) is 111 Å². The Morgan fingerprint density at radius 1 is 0.192 bits per heavy atom. The van der Waals surface area contributed by atoms with Gasteiger partial charge in [-0.1, -0.05) is 36.4 Å². The van der Waals surface area contributed by atoms with E-state index in [1.165, 1.54) is 66.8 Å². The van der Waals surface area contributed by atoms with Gasteiger partial charge in [-0.05, 0) is 140 Å². The molecular formula is C60H54O12S6. The van der Waals surface area contributed by atoms with Gasteiger partial charge in [0.05, 0.1) is 0 Å². The van der Waals surface area contributed by atoms with Gasteiger partial charge in [0.1, 0.15) is 0 Å². The maximum atomic E-state index is 5.85. The molecule has 6 aliphatic heterocycles. The van der Waals surface area contributed by atoms with E-state index in [-0.39, 0.29) is 40.8 Å². The molecule has 0 saturated heterocycles. The molecule has 0 saturated carbocycles. The minimum absolute atomic E-state index is 0.249. The Bertz CT molecular complexity index is 2760. The summed E-state index contributed by atoms with van der Waals surface area (Å²) >= 11 is 11.8. The SMILES string of the molecule is c1cc2c(cc1CSCc1c(CSCc3ccc4c(c3)OCO4)c(CSCc3ccc4c(c3)OCO4)c(CSCc3ccc4c(c3)OCO4)c(CSCc3ccc4c(c3)OCO4)c1CSCc1ccc3c(c1)OCO3)OCO2. The predicted molar refractivity (Wildman–Crippen MR) is 312 cm³/mol. The molecule has 0 fully saturated rings. The van der Waals surface area contributed by atoms with Crippen LogP contribution < -0.4 is 56.8 Å². The fraction of sp³-hybridized carbons (Fsp3) is 0.300. The van der Waals surface area contributed by atoms with E-state index in [1.807, 2.05) is 107 Å². The zero-order valence-corrected chi connectivity index (χ0v) is 47.4. The zero-order valence-electron chi connectivity index (χ0n) is 42.5. The average molecular weight is 1160 g/mol. The van der Waals surface area contributed by atoms with Crippen LogP contribution in [0.25, 0.3) is 0 Å². The van der Waals surface area contributed by atoms with Gasteiger partial charge in [-0.2, -0.15) is 70.6 Å². The number of fused-ring (bicyclic) bond motifs is 6. The van der Waals surface area contributed by atoms with Crippen molar-refractivity contribution in [3.63, 3.8) is 0 Å². The molecule has 7 aromatic rings. The molecule has 0 radical (unpaired) electrons. The number of rotatable bonds is 24. The van der Waals surface area contributed by atoms with Crippen LogP contribution >= 0.6 is 70.6 Å². The van der Waals surface area contributed by atoms with E-state index in [0.717, 1.165) is 138 Å². The highest BCUT2D eigenvalue weighted by molar-refractivity contribution is 7.99. The summed E-state index contributed by atoms with van der Waals surface area (Å²) in [6.07, 6.45) is 0. The molecule has 6 aliphatic rings. The number of hydrogen-bond donors (Lipinski definition) is 0. The molecule has 12 nitrogen and oxygen atoms in total. The smallest absolute Gasteiger partial charge is 0.231 e. The quantitative estimate of drug-likeness (QED) is 0.0572. The fourth-order valence-corrected chi connectivity index (χ4v) is 16.4. The van der Waals surface area contributed by atoms with Gasteiger partial charge in [0, 0.05) is 69.0 Å². The van der Waals surface area contributed by atoms with Crippen molar-refractivity contribution in [3.05, 3.63) is 176 Å². The van der Waals surface area contributed by atoms with Crippen molar-refractivity contribution in [2.45, 2.75) is 69.0 Å². The number of benzene rings is 7. The van der Waals surface area contributed by atoms with E-state index < -0.39 is 0 Å². The Morgan fingerprint density at radius 2 is 0.346 bits per heavy atom.